The zero-order valence-electron chi connectivity index (χ0n) is 8.97. The van der Waals surface area contributed by atoms with Crippen LogP contribution in [0.4, 0.5) is 0 Å². The van der Waals surface area contributed by atoms with E-state index in [1.54, 1.807) is 0 Å². The topological polar surface area (TPSA) is 12.0 Å². The first-order valence-corrected chi connectivity index (χ1v) is 5.32. The van der Waals surface area contributed by atoms with E-state index in [4.69, 9.17) is 0 Å². The highest BCUT2D eigenvalue weighted by molar-refractivity contribution is 5.85. The minimum absolute atomic E-state index is 0. The molecule has 0 aromatic carbocycles. The first-order chi connectivity index (χ1) is 5.55. The maximum atomic E-state index is 3.69. The summed E-state index contributed by atoms with van der Waals surface area (Å²) in [5.74, 6) is 0.966. The lowest BCUT2D eigenvalue weighted by atomic mass is 9.66. The summed E-state index contributed by atoms with van der Waals surface area (Å²) in [6, 6.07) is 1.76. The summed E-state index contributed by atoms with van der Waals surface area (Å²) >= 11 is 0. The molecule has 13 heavy (non-hydrogen) atoms. The maximum absolute atomic E-state index is 3.69. The molecule has 1 nitrogen and oxygen atoms in total. The molecule has 1 N–H and O–H groups in total. The average molecular weight is 204 g/mol. The van der Waals surface area contributed by atoms with Crippen molar-refractivity contribution in [2.45, 2.75) is 58.5 Å². The first-order valence-electron chi connectivity index (χ1n) is 5.32. The Balaban J connectivity index is 0.000000845. The van der Waals surface area contributed by atoms with Gasteiger partial charge in [0.2, 0.25) is 0 Å². The molecule has 0 heterocycles. The summed E-state index contributed by atoms with van der Waals surface area (Å²) in [6.07, 6.45) is 5.69. The highest BCUT2D eigenvalue weighted by Crippen LogP contribution is 2.42. The maximum Gasteiger partial charge on any atom is 0.00753 e. The summed E-state index contributed by atoms with van der Waals surface area (Å²) < 4.78 is 0. The van der Waals surface area contributed by atoms with Gasteiger partial charge in [0.15, 0.2) is 0 Å². The van der Waals surface area contributed by atoms with Gasteiger partial charge in [0.25, 0.3) is 0 Å². The summed E-state index contributed by atoms with van der Waals surface area (Å²) in [5.41, 5.74) is 0.543. The molecule has 0 atom stereocenters. The SMILES string of the molecule is CC(C)(C)C1CC(NC2CC2)C1.Cl. The third kappa shape index (κ3) is 2.85. The number of hydrogen-bond donors (Lipinski definition) is 1. The van der Waals surface area contributed by atoms with Gasteiger partial charge in [0.1, 0.15) is 0 Å². The fourth-order valence-electron chi connectivity index (χ4n) is 2.04. The zero-order chi connectivity index (χ0) is 8.77. The zero-order valence-corrected chi connectivity index (χ0v) is 9.79. The monoisotopic (exact) mass is 203 g/mol. The Labute approximate surface area is 88.1 Å². The van der Waals surface area contributed by atoms with E-state index in [0.29, 0.717) is 5.41 Å². The van der Waals surface area contributed by atoms with Gasteiger partial charge in [-0.15, -0.1) is 12.4 Å². The van der Waals surface area contributed by atoms with Crippen LogP contribution in [0.1, 0.15) is 46.5 Å². The van der Waals surface area contributed by atoms with E-state index < -0.39 is 0 Å². The highest BCUT2D eigenvalue weighted by Gasteiger charge is 2.38. The van der Waals surface area contributed by atoms with E-state index in [9.17, 15) is 0 Å². The van der Waals surface area contributed by atoms with Crippen molar-refractivity contribution in [3.8, 4) is 0 Å². The molecule has 0 bridgehead atoms. The van der Waals surface area contributed by atoms with Crippen molar-refractivity contribution < 1.29 is 0 Å². The number of halogens is 1. The van der Waals surface area contributed by atoms with E-state index in [1.165, 1.54) is 25.7 Å². The smallest absolute Gasteiger partial charge is 0.00753 e. The van der Waals surface area contributed by atoms with Crippen molar-refractivity contribution in [3.05, 3.63) is 0 Å². The van der Waals surface area contributed by atoms with Gasteiger partial charge in [-0.05, 0) is 37.0 Å². The van der Waals surface area contributed by atoms with Crippen LogP contribution in [-0.4, -0.2) is 12.1 Å². The summed E-state index contributed by atoms with van der Waals surface area (Å²) in [6.45, 7) is 7.10. The van der Waals surface area contributed by atoms with Crippen molar-refractivity contribution in [3.63, 3.8) is 0 Å². The molecule has 0 radical (unpaired) electrons. The second-order valence-corrected chi connectivity index (χ2v) is 5.67. The van der Waals surface area contributed by atoms with Gasteiger partial charge in [0, 0.05) is 12.1 Å². The fourth-order valence-corrected chi connectivity index (χ4v) is 2.04. The second-order valence-electron chi connectivity index (χ2n) is 5.67. The minimum atomic E-state index is 0. The quantitative estimate of drug-likeness (QED) is 0.728. The molecule has 0 amide bonds. The molecule has 0 aromatic rings. The van der Waals surface area contributed by atoms with E-state index in [-0.39, 0.29) is 12.4 Å². The van der Waals surface area contributed by atoms with E-state index in [0.717, 1.165) is 18.0 Å². The van der Waals surface area contributed by atoms with Crippen LogP contribution < -0.4 is 5.32 Å². The molecule has 0 saturated heterocycles. The van der Waals surface area contributed by atoms with Crippen LogP contribution in [0.2, 0.25) is 0 Å². The fraction of sp³-hybridized carbons (Fsp3) is 1.00. The molecule has 2 heteroatoms. The van der Waals surface area contributed by atoms with Gasteiger partial charge in [0.05, 0.1) is 0 Å². The van der Waals surface area contributed by atoms with Crippen molar-refractivity contribution in [1.82, 2.24) is 5.32 Å². The van der Waals surface area contributed by atoms with E-state index >= 15 is 0 Å². The normalized spacial score (nSPS) is 33.5. The average Bonchev–Trinajstić information content (AvgIpc) is 2.56. The van der Waals surface area contributed by atoms with Crippen LogP contribution >= 0.6 is 12.4 Å². The summed E-state index contributed by atoms with van der Waals surface area (Å²) in [5, 5.41) is 3.69. The molecule has 78 valence electrons. The minimum Gasteiger partial charge on any atom is -0.311 e. The summed E-state index contributed by atoms with van der Waals surface area (Å²) in [4.78, 5) is 0. The van der Waals surface area contributed by atoms with E-state index in [2.05, 4.69) is 26.1 Å². The van der Waals surface area contributed by atoms with Crippen molar-refractivity contribution in [1.29, 1.82) is 0 Å². The van der Waals surface area contributed by atoms with Crippen LogP contribution in [0.5, 0.6) is 0 Å². The van der Waals surface area contributed by atoms with Crippen molar-refractivity contribution >= 4 is 12.4 Å². The Morgan fingerprint density at radius 2 is 1.54 bits per heavy atom. The van der Waals surface area contributed by atoms with Gasteiger partial charge in [-0.2, -0.15) is 0 Å². The van der Waals surface area contributed by atoms with E-state index in [1.807, 2.05) is 0 Å². The Bertz CT molecular complexity index is 163. The Morgan fingerprint density at radius 1 is 1.00 bits per heavy atom. The van der Waals surface area contributed by atoms with Gasteiger partial charge in [-0.3, -0.25) is 0 Å². The lowest BCUT2D eigenvalue weighted by Gasteiger charge is -2.44. The first kappa shape index (κ1) is 11.3. The third-order valence-corrected chi connectivity index (χ3v) is 3.41. The molecule has 0 aromatic heterocycles. The van der Waals surface area contributed by atoms with Crippen LogP contribution in [0.25, 0.3) is 0 Å². The van der Waals surface area contributed by atoms with Crippen LogP contribution in [0, 0.1) is 11.3 Å². The Hall–Kier alpha value is 0.250. The number of nitrogens with one attached hydrogen (secondary N) is 1. The van der Waals surface area contributed by atoms with Gasteiger partial charge >= 0.3 is 0 Å². The molecule has 2 fully saturated rings. The largest absolute Gasteiger partial charge is 0.311 e. The van der Waals surface area contributed by atoms with Crippen molar-refractivity contribution in [2.24, 2.45) is 11.3 Å². The number of rotatable bonds is 2. The summed E-state index contributed by atoms with van der Waals surface area (Å²) in [7, 11) is 0. The molecule has 2 aliphatic rings. The molecule has 2 saturated carbocycles. The Kier molecular flexibility index (Phi) is 3.29. The van der Waals surface area contributed by atoms with Crippen LogP contribution in [0.3, 0.4) is 0 Å². The third-order valence-electron chi connectivity index (χ3n) is 3.41. The molecule has 0 unspecified atom stereocenters. The standard InChI is InChI=1S/C11H21N.ClH/c1-11(2,3)8-6-10(7-8)12-9-4-5-9;/h8-10,12H,4-7H2,1-3H3;1H. The van der Waals surface area contributed by atoms with Gasteiger partial charge in [-0.1, -0.05) is 20.8 Å². The lowest BCUT2D eigenvalue weighted by Crippen LogP contribution is -2.46. The highest BCUT2D eigenvalue weighted by atomic mass is 35.5. The van der Waals surface area contributed by atoms with Crippen molar-refractivity contribution in [2.75, 3.05) is 0 Å². The van der Waals surface area contributed by atoms with Crippen LogP contribution in [-0.2, 0) is 0 Å². The molecular formula is C11H22ClN. The van der Waals surface area contributed by atoms with Gasteiger partial charge in [-0.25, -0.2) is 0 Å². The predicted molar refractivity (Wildman–Crippen MR) is 59.4 cm³/mol. The van der Waals surface area contributed by atoms with Gasteiger partial charge < -0.3 is 5.32 Å². The lowest BCUT2D eigenvalue weighted by molar-refractivity contribution is 0.0978. The molecule has 0 aliphatic heterocycles. The molecule has 2 rings (SSSR count). The predicted octanol–water partition coefficient (Wildman–Crippen LogP) is 2.98. The number of hydrogen-bond acceptors (Lipinski definition) is 1. The Morgan fingerprint density at radius 3 is 1.92 bits per heavy atom. The molecule has 0 spiro atoms. The molecular weight excluding hydrogens is 182 g/mol. The molecule has 2 aliphatic carbocycles. The van der Waals surface area contributed by atoms with Crippen LogP contribution in [0.15, 0.2) is 0 Å². The second kappa shape index (κ2) is 3.78.